The number of hydrogen-bond donors (Lipinski definition) is 0. The fourth-order valence-electron chi connectivity index (χ4n) is 7.64. The van der Waals surface area contributed by atoms with Gasteiger partial charge in [-0.1, -0.05) is 39.3 Å². The Morgan fingerprint density at radius 2 is 1.93 bits per heavy atom. The molecule has 0 radical (unpaired) electrons. The van der Waals surface area contributed by atoms with E-state index in [-0.39, 0.29) is 17.3 Å². The second-order valence-corrected chi connectivity index (χ2v) is 10.7. The monoisotopic (exact) mass is 384 g/mol. The Kier molecular flexibility index (Phi) is 4.67. The Hall–Kier alpha value is -1.38. The Balaban J connectivity index is 1.39. The normalized spacial score (nSPS) is 44.8. The molecular weight excluding hydrogens is 348 g/mol. The van der Waals surface area contributed by atoms with Crippen LogP contribution in [0.5, 0.6) is 0 Å². The number of Topliss-reactive ketones (excluding diaryl/α,β-unsaturated/α-hetero) is 1. The molecule has 0 bridgehead atoms. The molecule has 1 aliphatic heterocycles. The minimum absolute atomic E-state index is 0.193. The van der Waals surface area contributed by atoms with E-state index in [9.17, 15) is 9.59 Å². The Morgan fingerprint density at radius 1 is 1.21 bits per heavy atom. The van der Waals surface area contributed by atoms with Gasteiger partial charge in [0.1, 0.15) is 12.4 Å². The number of ether oxygens (including phenoxy) is 1. The molecule has 3 saturated carbocycles. The van der Waals surface area contributed by atoms with Crippen LogP contribution in [0.15, 0.2) is 23.3 Å². The molecule has 0 aromatic rings. The van der Waals surface area contributed by atoms with Crippen molar-refractivity contribution in [3.05, 3.63) is 23.3 Å². The lowest BCUT2D eigenvalue weighted by Gasteiger charge is -2.71. The van der Waals surface area contributed by atoms with E-state index in [1.165, 1.54) is 18.4 Å². The first-order valence-electron chi connectivity index (χ1n) is 11.2. The summed E-state index contributed by atoms with van der Waals surface area (Å²) in [6, 6.07) is 0. The third-order valence-electron chi connectivity index (χ3n) is 9.85. The minimum atomic E-state index is -0.202. The fourth-order valence-corrected chi connectivity index (χ4v) is 7.64. The van der Waals surface area contributed by atoms with Crippen molar-refractivity contribution in [2.75, 3.05) is 6.61 Å². The molecule has 4 rings (SSSR count). The maximum Gasteiger partial charge on any atom is 0.331 e. The molecule has 28 heavy (non-hydrogen) atoms. The van der Waals surface area contributed by atoms with E-state index >= 15 is 0 Å². The predicted octanol–water partition coefficient (Wildman–Crippen LogP) is 5.64. The second-order valence-electron chi connectivity index (χ2n) is 10.7. The van der Waals surface area contributed by atoms with E-state index in [1.54, 1.807) is 6.08 Å². The number of hydrogen-bond acceptors (Lipinski definition) is 3. The lowest BCUT2D eigenvalue weighted by Crippen LogP contribution is -2.70. The van der Waals surface area contributed by atoms with Crippen LogP contribution >= 0.6 is 0 Å². The van der Waals surface area contributed by atoms with Crippen molar-refractivity contribution in [2.24, 2.45) is 34.0 Å². The summed E-state index contributed by atoms with van der Waals surface area (Å²) in [5.41, 5.74) is 3.36. The molecule has 0 amide bonds. The molecular formula is C25H36O3. The van der Waals surface area contributed by atoms with Crippen LogP contribution in [0.1, 0.15) is 79.6 Å². The zero-order chi connectivity index (χ0) is 20.3. The smallest absolute Gasteiger partial charge is 0.331 e. The number of allylic oxidation sites excluding steroid dienone is 2. The molecule has 3 aliphatic carbocycles. The van der Waals surface area contributed by atoms with E-state index in [1.807, 2.05) is 0 Å². The third-order valence-corrected chi connectivity index (χ3v) is 9.85. The van der Waals surface area contributed by atoms with Crippen molar-refractivity contribution in [1.82, 2.24) is 0 Å². The van der Waals surface area contributed by atoms with Gasteiger partial charge in [0.15, 0.2) is 0 Å². The molecule has 3 nitrogen and oxygen atoms in total. The highest BCUT2D eigenvalue weighted by molar-refractivity contribution is 5.86. The summed E-state index contributed by atoms with van der Waals surface area (Å²) in [5, 5.41) is 0. The molecule has 154 valence electrons. The van der Waals surface area contributed by atoms with Crippen molar-refractivity contribution < 1.29 is 14.3 Å². The van der Waals surface area contributed by atoms with E-state index in [2.05, 4.69) is 40.7 Å². The molecule has 0 aromatic heterocycles. The Bertz CT molecular complexity index is 762. The molecule has 4 aliphatic rings. The molecule has 3 unspecified atom stereocenters. The summed E-state index contributed by atoms with van der Waals surface area (Å²) in [7, 11) is 0. The van der Waals surface area contributed by atoms with Crippen molar-refractivity contribution in [1.29, 1.82) is 0 Å². The lowest BCUT2D eigenvalue weighted by atomic mass is 9.31. The van der Waals surface area contributed by atoms with Gasteiger partial charge in [0.25, 0.3) is 0 Å². The van der Waals surface area contributed by atoms with Crippen LogP contribution in [0.4, 0.5) is 0 Å². The predicted molar refractivity (Wildman–Crippen MR) is 111 cm³/mol. The number of carbonyl (C=O) groups excluding carboxylic acids is 2. The van der Waals surface area contributed by atoms with Crippen LogP contribution in [-0.4, -0.2) is 18.4 Å². The molecule has 0 spiro atoms. The van der Waals surface area contributed by atoms with Crippen LogP contribution in [0.3, 0.4) is 0 Å². The van der Waals surface area contributed by atoms with Crippen LogP contribution in [0, 0.1) is 34.0 Å². The van der Waals surface area contributed by atoms with Gasteiger partial charge in [0, 0.05) is 18.4 Å². The van der Waals surface area contributed by atoms with Crippen molar-refractivity contribution in [3.8, 4) is 0 Å². The number of esters is 1. The third kappa shape index (κ3) is 2.53. The highest BCUT2D eigenvalue weighted by atomic mass is 16.5. The molecule has 6 atom stereocenters. The van der Waals surface area contributed by atoms with E-state index in [0.29, 0.717) is 35.1 Å². The summed E-state index contributed by atoms with van der Waals surface area (Å²) >= 11 is 0. The summed E-state index contributed by atoms with van der Waals surface area (Å²) in [5.74, 6) is 1.68. The van der Waals surface area contributed by atoms with Gasteiger partial charge >= 0.3 is 5.97 Å². The number of rotatable bonds is 6. The quantitative estimate of drug-likeness (QED) is 0.439. The van der Waals surface area contributed by atoms with E-state index in [0.717, 1.165) is 37.7 Å². The van der Waals surface area contributed by atoms with Crippen LogP contribution in [0.2, 0.25) is 0 Å². The first kappa shape index (κ1) is 19.9. The van der Waals surface area contributed by atoms with Crippen LogP contribution in [-0.2, 0) is 14.3 Å². The van der Waals surface area contributed by atoms with E-state index in [4.69, 9.17) is 4.74 Å². The number of cyclic esters (lactones) is 1. The maximum atomic E-state index is 13.0. The first-order chi connectivity index (χ1) is 13.1. The summed E-state index contributed by atoms with van der Waals surface area (Å²) in [6.07, 6.45) is 11.4. The number of ketones is 1. The van der Waals surface area contributed by atoms with Gasteiger partial charge in [0.05, 0.1) is 0 Å². The van der Waals surface area contributed by atoms with Gasteiger partial charge in [-0.3, -0.25) is 4.79 Å². The Morgan fingerprint density at radius 3 is 2.61 bits per heavy atom. The molecule has 3 heteroatoms. The van der Waals surface area contributed by atoms with Crippen molar-refractivity contribution in [3.63, 3.8) is 0 Å². The topological polar surface area (TPSA) is 43.4 Å². The Labute approximate surface area is 170 Å². The van der Waals surface area contributed by atoms with Crippen LogP contribution in [0.25, 0.3) is 0 Å². The summed E-state index contributed by atoms with van der Waals surface area (Å²) in [6.45, 7) is 12.4. The SMILES string of the molecule is CC(=CCCC1=CC(=O)OC1)CCC1C2C(=O)CC(C)[C@@]3(C)CC[C@]1(C)[C@@]23C. The molecule has 0 saturated heterocycles. The van der Waals surface area contributed by atoms with Gasteiger partial charge in [-0.05, 0) is 79.1 Å². The largest absolute Gasteiger partial charge is 0.458 e. The van der Waals surface area contributed by atoms with Crippen molar-refractivity contribution in [2.45, 2.75) is 79.6 Å². The van der Waals surface area contributed by atoms with Crippen molar-refractivity contribution >= 4 is 11.8 Å². The average Bonchev–Trinajstić information content (AvgIpc) is 3.12. The van der Waals surface area contributed by atoms with Gasteiger partial charge in [0.2, 0.25) is 0 Å². The zero-order valence-corrected chi connectivity index (χ0v) is 18.3. The number of carbonyl (C=O) groups is 2. The second kappa shape index (κ2) is 6.57. The van der Waals surface area contributed by atoms with Crippen LogP contribution < -0.4 is 0 Å². The van der Waals surface area contributed by atoms with E-state index < -0.39 is 0 Å². The molecule has 3 fully saturated rings. The highest BCUT2D eigenvalue weighted by Gasteiger charge is 2.79. The lowest BCUT2D eigenvalue weighted by molar-refractivity contribution is -0.238. The summed E-state index contributed by atoms with van der Waals surface area (Å²) < 4.78 is 4.96. The highest BCUT2D eigenvalue weighted by Crippen LogP contribution is 2.82. The maximum absolute atomic E-state index is 13.0. The summed E-state index contributed by atoms with van der Waals surface area (Å²) in [4.78, 5) is 24.1. The van der Waals surface area contributed by atoms with Gasteiger partial charge < -0.3 is 4.74 Å². The molecule has 0 aromatic carbocycles. The standard InChI is InChI=1S/C25H36O3/c1-16(7-6-8-18-14-21(27)28-15-18)9-10-19-22-20(26)13-17(2)23(3)11-12-24(19,4)25(22,23)5/h7,14,17,19,22H,6,8-13,15H2,1-5H3/t17?,19?,22?,23-,24+,25+/m1/s1. The van der Waals surface area contributed by atoms with Gasteiger partial charge in [-0.25, -0.2) is 4.79 Å². The zero-order valence-electron chi connectivity index (χ0n) is 18.3. The van der Waals surface area contributed by atoms with Gasteiger partial charge in [-0.2, -0.15) is 0 Å². The minimum Gasteiger partial charge on any atom is -0.458 e. The van der Waals surface area contributed by atoms with Gasteiger partial charge in [-0.15, -0.1) is 0 Å². The fraction of sp³-hybridized carbons (Fsp3) is 0.760. The average molecular weight is 385 g/mol. The molecule has 0 N–H and O–H groups in total. The molecule has 1 heterocycles. The first-order valence-corrected chi connectivity index (χ1v) is 11.2.